The Labute approximate surface area is 169 Å². The minimum Gasteiger partial charge on any atom is -0.461 e. The lowest BCUT2D eigenvalue weighted by Crippen LogP contribution is -2.27. The Morgan fingerprint density at radius 1 is 1.17 bits per heavy atom. The van der Waals surface area contributed by atoms with Gasteiger partial charge in [0.2, 0.25) is 0 Å². The van der Waals surface area contributed by atoms with Crippen LogP contribution in [0.25, 0.3) is 17.4 Å². The van der Waals surface area contributed by atoms with E-state index in [0.717, 1.165) is 39.3 Å². The van der Waals surface area contributed by atoms with Gasteiger partial charge in [0.15, 0.2) is 11.5 Å². The Kier molecular flexibility index (Phi) is 5.04. The first-order valence-corrected chi connectivity index (χ1v) is 9.56. The number of likely N-dealkylation sites (N-methyl/N-ethyl adjacent to an activating group) is 1. The molecule has 146 valence electrons. The van der Waals surface area contributed by atoms with Gasteiger partial charge in [0.1, 0.15) is 17.7 Å². The van der Waals surface area contributed by atoms with Crippen LogP contribution >= 0.6 is 0 Å². The molecule has 0 atom stereocenters. The molecular formula is C24H22N2O3. The number of carbonyl (C=O) groups excluding carboxylic acids is 1. The fourth-order valence-corrected chi connectivity index (χ4v) is 3.50. The topological polar surface area (TPSA) is 51.1 Å². The molecule has 0 N–H and O–H groups in total. The Morgan fingerprint density at radius 3 is 2.72 bits per heavy atom. The fraction of sp³-hybridized carbons (Fsp3) is 0.167. The zero-order chi connectivity index (χ0) is 20.4. The second-order valence-electron chi connectivity index (χ2n) is 6.75. The monoisotopic (exact) mass is 386 g/mol. The van der Waals surface area contributed by atoms with Crippen LogP contribution in [0.5, 0.6) is 11.5 Å². The summed E-state index contributed by atoms with van der Waals surface area (Å²) in [5, 5.41) is 3.85. The fourth-order valence-electron chi connectivity index (χ4n) is 3.50. The molecular weight excluding hydrogens is 364 g/mol. The highest BCUT2D eigenvalue weighted by atomic mass is 16.5. The van der Waals surface area contributed by atoms with Crippen molar-refractivity contribution < 1.29 is 14.3 Å². The SMILES string of the molecule is C=CC(=O)OCCN(CC)c1ccc2c(c1)Oc1cc(=C)c3ccccc3c1=N2. The van der Waals surface area contributed by atoms with Gasteiger partial charge in [0, 0.05) is 29.8 Å². The van der Waals surface area contributed by atoms with Crippen LogP contribution in [0.15, 0.2) is 66.2 Å². The lowest BCUT2D eigenvalue weighted by Gasteiger charge is -2.24. The van der Waals surface area contributed by atoms with Gasteiger partial charge in [-0.3, -0.25) is 0 Å². The van der Waals surface area contributed by atoms with E-state index in [4.69, 9.17) is 14.5 Å². The highest BCUT2D eigenvalue weighted by molar-refractivity contribution is 5.85. The van der Waals surface area contributed by atoms with E-state index in [1.807, 2.05) is 48.5 Å². The van der Waals surface area contributed by atoms with Crippen LogP contribution in [0.2, 0.25) is 0 Å². The maximum Gasteiger partial charge on any atom is 0.330 e. The normalized spacial score (nSPS) is 11.6. The Hall–Kier alpha value is -3.60. The molecule has 0 bridgehead atoms. The van der Waals surface area contributed by atoms with Crippen molar-refractivity contribution in [1.82, 2.24) is 0 Å². The second-order valence-corrected chi connectivity index (χ2v) is 6.75. The summed E-state index contributed by atoms with van der Waals surface area (Å²) in [5.74, 6) is 0.994. The second kappa shape index (κ2) is 7.80. The summed E-state index contributed by atoms with van der Waals surface area (Å²) in [6.45, 7) is 11.3. The zero-order valence-electron chi connectivity index (χ0n) is 16.4. The van der Waals surface area contributed by atoms with E-state index < -0.39 is 5.97 Å². The number of fused-ring (bicyclic) bond motifs is 4. The van der Waals surface area contributed by atoms with Crippen molar-refractivity contribution in [2.45, 2.75) is 6.92 Å². The van der Waals surface area contributed by atoms with Crippen molar-refractivity contribution in [2.75, 3.05) is 24.6 Å². The zero-order valence-corrected chi connectivity index (χ0v) is 16.4. The van der Waals surface area contributed by atoms with Crippen molar-refractivity contribution in [3.05, 3.63) is 71.8 Å². The number of anilines is 1. The molecule has 3 aromatic carbocycles. The lowest BCUT2D eigenvalue weighted by molar-refractivity contribution is -0.137. The first kappa shape index (κ1) is 18.7. The van der Waals surface area contributed by atoms with Crippen molar-refractivity contribution in [2.24, 2.45) is 4.99 Å². The molecule has 0 aromatic heterocycles. The number of ether oxygens (including phenoxy) is 2. The van der Waals surface area contributed by atoms with Crippen LogP contribution in [0, 0.1) is 0 Å². The number of carbonyl (C=O) groups is 1. The highest BCUT2D eigenvalue weighted by Crippen LogP contribution is 2.37. The van der Waals surface area contributed by atoms with Gasteiger partial charge in [0.05, 0.1) is 6.54 Å². The lowest BCUT2D eigenvalue weighted by atomic mass is 10.1. The van der Waals surface area contributed by atoms with E-state index in [1.165, 1.54) is 6.08 Å². The number of benzene rings is 3. The third kappa shape index (κ3) is 3.59. The molecule has 4 rings (SSSR count). The maximum absolute atomic E-state index is 11.3. The number of rotatable bonds is 6. The van der Waals surface area contributed by atoms with Crippen LogP contribution in [-0.4, -0.2) is 25.7 Å². The van der Waals surface area contributed by atoms with Gasteiger partial charge in [0.25, 0.3) is 0 Å². The van der Waals surface area contributed by atoms with E-state index in [9.17, 15) is 4.79 Å². The minimum absolute atomic E-state index is 0.292. The third-order valence-electron chi connectivity index (χ3n) is 4.98. The average Bonchev–Trinajstić information content (AvgIpc) is 2.75. The van der Waals surface area contributed by atoms with Crippen molar-refractivity contribution in [3.63, 3.8) is 0 Å². The molecule has 0 aliphatic carbocycles. The van der Waals surface area contributed by atoms with Gasteiger partial charge in [-0.15, -0.1) is 0 Å². The highest BCUT2D eigenvalue weighted by Gasteiger charge is 2.17. The Bertz CT molecular complexity index is 1220. The molecule has 0 saturated heterocycles. The molecule has 1 aliphatic rings. The molecule has 0 unspecified atom stereocenters. The van der Waals surface area contributed by atoms with Gasteiger partial charge in [-0.25, -0.2) is 9.79 Å². The molecule has 0 radical (unpaired) electrons. The van der Waals surface area contributed by atoms with E-state index in [0.29, 0.717) is 24.7 Å². The molecule has 5 nitrogen and oxygen atoms in total. The molecule has 0 amide bonds. The largest absolute Gasteiger partial charge is 0.461 e. The van der Waals surface area contributed by atoms with Gasteiger partial charge >= 0.3 is 5.97 Å². The summed E-state index contributed by atoms with van der Waals surface area (Å²) < 4.78 is 11.3. The van der Waals surface area contributed by atoms with Crippen LogP contribution in [0.1, 0.15) is 6.92 Å². The van der Waals surface area contributed by atoms with E-state index in [1.54, 1.807) is 0 Å². The summed E-state index contributed by atoms with van der Waals surface area (Å²) in [7, 11) is 0. The van der Waals surface area contributed by atoms with Crippen LogP contribution in [0.3, 0.4) is 0 Å². The smallest absolute Gasteiger partial charge is 0.330 e. The summed E-state index contributed by atoms with van der Waals surface area (Å²) in [6, 6.07) is 15.9. The van der Waals surface area contributed by atoms with Gasteiger partial charge in [-0.05, 0) is 35.7 Å². The van der Waals surface area contributed by atoms with Crippen LogP contribution in [-0.2, 0) is 9.53 Å². The van der Waals surface area contributed by atoms with Crippen molar-refractivity contribution >= 4 is 34.7 Å². The number of esters is 1. The van der Waals surface area contributed by atoms with E-state index in [-0.39, 0.29) is 0 Å². The molecule has 1 heterocycles. The standard InChI is InChI=1S/C24H22N2O3/c1-4-23(27)28-13-12-26(5-2)17-10-11-20-21(15-17)29-22-14-16(3)18-8-6-7-9-19(18)24(22)25-20/h4,6-11,14-15H,1,3,5,12-13H2,2H3. The van der Waals surface area contributed by atoms with E-state index >= 15 is 0 Å². The first-order valence-electron chi connectivity index (χ1n) is 9.56. The molecule has 5 heteroatoms. The molecule has 0 fully saturated rings. The molecule has 0 spiro atoms. The average molecular weight is 386 g/mol. The van der Waals surface area contributed by atoms with Crippen LogP contribution < -0.4 is 20.2 Å². The molecule has 1 aliphatic heterocycles. The number of hydrogen-bond acceptors (Lipinski definition) is 5. The first-order chi connectivity index (χ1) is 14.1. The van der Waals surface area contributed by atoms with Gasteiger partial charge in [-0.1, -0.05) is 37.4 Å². The van der Waals surface area contributed by atoms with Crippen LogP contribution in [0.4, 0.5) is 11.4 Å². The minimum atomic E-state index is -0.415. The predicted octanol–water partition coefficient (Wildman–Crippen LogP) is 3.86. The summed E-state index contributed by atoms with van der Waals surface area (Å²) >= 11 is 0. The molecule has 3 aromatic rings. The Morgan fingerprint density at radius 2 is 1.97 bits per heavy atom. The molecule has 0 saturated carbocycles. The maximum atomic E-state index is 11.3. The van der Waals surface area contributed by atoms with Gasteiger partial charge in [-0.2, -0.15) is 0 Å². The Balaban J connectivity index is 1.67. The van der Waals surface area contributed by atoms with E-state index in [2.05, 4.69) is 25.0 Å². The van der Waals surface area contributed by atoms with Crippen molar-refractivity contribution in [1.29, 1.82) is 0 Å². The number of hydrogen-bond donors (Lipinski definition) is 0. The third-order valence-corrected chi connectivity index (χ3v) is 4.98. The van der Waals surface area contributed by atoms with Gasteiger partial charge < -0.3 is 14.4 Å². The molecule has 29 heavy (non-hydrogen) atoms. The van der Waals surface area contributed by atoms with Crippen molar-refractivity contribution in [3.8, 4) is 11.5 Å². The number of nitrogens with zero attached hydrogens (tertiary/aromatic N) is 2. The predicted molar refractivity (Wildman–Crippen MR) is 115 cm³/mol. The summed E-state index contributed by atoms with van der Waals surface area (Å²) in [4.78, 5) is 18.2. The summed E-state index contributed by atoms with van der Waals surface area (Å²) in [5.41, 5.74) is 1.77. The quantitative estimate of drug-likeness (QED) is 0.373. The summed E-state index contributed by atoms with van der Waals surface area (Å²) in [6.07, 6.45) is 1.17.